The number of rotatable bonds is 6. The maximum Gasteiger partial charge on any atom is 0.241 e. The molecule has 2 aromatic rings. The highest BCUT2D eigenvalue weighted by Gasteiger charge is 2.24. The Kier molecular flexibility index (Phi) is 5.18. The second-order valence-corrected chi connectivity index (χ2v) is 6.03. The Morgan fingerprint density at radius 1 is 1.28 bits per heavy atom. The SMILES string of the molecule is COc1ccc(-c2noc(CN3CCC(C(N)=O)CC3)n2)cc1OC. The Labute approximate surface area is 145 Å². The number of hydrogen-bond donors (Lipinski definition) is 1. The van der Waals surface area contributed by atoms with Crippen LogP contribution in [0.15, 0.2) is 22.7 Å². The molecule has 0 radical (unpaired) electrons. The van der Waals surface area contributed by atoms with Crippen molar-refractivity contribution >= 4 is 5.91 Å². The van der Waals surface area contributed by atoms with E-state index in [0.29, 0.717) is 29.8 Å². The van der Waals surface area contributed by atoms with Gasteiger partial charge in [0.15, 0.2) is 11.5 Å². The molecule has 1 aromatic heterocycles. The van der Waals surface area contributed by atoms with Crippen LogP contribution in [0.3, 0.4) is 0 Å². The minimum atomic E-state index is -0.215. The van der Waals surface area contributed by atoms with Gasteiger partial charge in [-0.15, -0.1) is 0 Å². The summed E-state index contributed by atoms with van der Waals surface area (Å²) in [6.45, 7) is 2.15. The van der Waals surface area contributed by atoms with Gasteiger partial charge in [0.2, 0.25) is 17.6 Å². The van der Waals surface area contributed by atoms with Crippen molar-refractivity contribution in [2.45, 2.75) is 19.4 Å². The molecule has 8 heteroatoms. The maximum atomic E-state index is 11.2. The van der Waals surface area contributed by atoms with Gasteiger partial charge in [0.25, 0.3) is 0 Å². The number of methoxy groups -OCH3 is 2. The summed E-state index contributed by atoms with van der Waals surface area (Å²) in [5.74, 6) is 2.06. The Hall–Kier alpha value is -2.61. The molecule has 8 nitrogen and oxygen atoms in total. The molecule has 134 valence electrons. The lowest BCUT2D eigenvalue weighted by Gasteiger charge is -2.29. The normalized spacial score (nSPS) is 15.9. The van der Waals surface area contributed by atoms with Gasteiger partial charge in [0, 0.05) is 11.5 Å². The van der Waals surface area contributed by atoms with E-state index >= 15 is 0 Å². The van der Waals surface area contributed by atoms with Crippen molar-refractivity contribution in [2.24, 2.45) is 11.7 Å². The quantitative estimate of drug-likeness (QED) is 0.844. The number of carbonyl (C=O) groups is 1. The van der Waals surface area contributed by atoms with E-state index in [1.165, 1.54) is 0 Å². The standard InChI is InChI=1S/C17H22N4O4/c1-23-13-4-3-12(9-14(13)24-2)17-19-15(25-20-17)10-21-7-5-11(6-8-21)16(18)22/h3-4,9,11H,5-8,10H2,1-2H3,(H2,18,22). The molecular formula is C17H22N4O4. The van der Waals surface area contributed by atoms with Gasteiger partial charge in [-0.1, -0.05) is 5.16 Å². The predicted molar refractivity (Wildman–Crippen MR) is 90.0 cm³/mol. The zero-order valence-electron chi connectivity index (χ0n) is 14.4. The van der Waals surface area contributed by atoms with Gasteiger partial charge in [0.1, 0.15) is 0 Å². The number of likely N-dealkylation sites (tertiary alicyclic amines) is 1. The molecule has 0 spiro atoms. The van der Waals surface area contributed by atoms with E-state index < -0.39 is 0 Å². The lowest BCUT2D eigenvalue weighted by molar-refractivity contribution is -0.123. The zero-order valence-corrected chi connectivity index (χ0v) is 14.4. The van der Waals surface area contributed by atoms with E-state index in [1.54, 1.807) is 20.3 Å². The highest BCUT2D eigenvalue weighted by Crippen LogP contribution is 2.31. The van der Waals surface area contributed by atoms with Crippen LogP contribution in [0.5, 0.6) is 11.5 Å². The molecule has 0 unspecified atom stereocenters. The van der Waals surface area contributed by atoms with Crippen molar-refractivity contribution < 1.29 is 18.8 Å². The summed E-state index contributed by atoms with van der Waals surface area (Å²) >= 11 is 0. The first kappa shape index (κ1) is 17.2. The fraction of sp³-hybridized carbons (Fsp3) is 0.471. The zero-order chi connectivity index (χ0) is 17.8. The highest BCUT2D eigenvalue weighted by molar-refractivity contribution is 5.76. The van der Waals surface area contributed by atoms with Crippen molar-refractivity contribution in [3.63, 3.8) is 0 Å². The Balaban J connectivity index is 1.66. The van der Waals surface area contributed by atoms with Gasteiger partial charge < -0.3 is 19.7 Å². The average Bonchev–Trinajstić information content (AvgIpc) is 3.10. The third-order valence-electron chi connectivity index (χ3n) is 4.46. The Morgan fingerprint density at radius 3 is 2.64 bits per heavy atom. The van der Waals surface area contributed by atoms with Crippen LogP contribution in [0.25, 0.3) is 11.4 Å². The molecule has 1 fully saturated rings. The first-order valence-corrected chi connectivity index (χ1v) is 8.17. The molecule has 1 aromatic carbocycles. The number of nitrogens with two attached hydrogens (primary N) is 1. The first-order chi connectivity index (χ1) is 12.1. The van der Waals surface area contributed by atoms with Gasteiger partial charge in [-0.2, -0.15) is 4.98 Å². The van der Waals surface area contributed by atoms with Crippen LogP contribution >= 0.6 is 0 Å². The topological polar surface area (TPSA) is 104 Å². The van der Waals surface area contributed by atoms with E-state index in [-0.39, 0.29) is 11.8 Å². The summed E-state index contributed by atoms with van der Waals surface area (Å²) in [4.78, 5) is 17.9. The summed E-state index contributed by atoms with van der Waals surface area (Å²) in [5, 5.41) is 4.04. The van der Waals surface area contributed by atoms with Gasteiger partial charge in [-0.3, -0.25) is 9.69 Å². The molecule has 2 heterocycles. The Morgan fingerprint density at radius 2 is 2.00 bits per heavy atom. The molecule has 3 rings (SSSR count). The molecule has 1 amide bonds. The maximum absolute atomic E-state index is 11.2. The Bertz CT molecular complexity index is 738. The summed E-state index contributed by atoms with van der Waals surface area (Å²) in [6.07, 6.45) is 1.54. The van der Waals surface area contributed by atoms with Crippen LogP contribution in [0.4, 0.5) is 0 Å². The number of nitrogens with zero attached hydrogens (tertiary/aromatic N) is 3. The average molecular weight is 346 g/mol. The van der Waals surface area contributed by atoms with Crippen molar-refractivity contribution in [2.75, 3.05) is 27.3 Å². The van der Waals surface area contributed by atoms with Crippen LogP contribution in [-0.4, -0.2) is 48.3 Å². The fourth-order valence-electron chi connectivity index (χ4n) is 2.98. The number of primary amides is 1. The molecule has 2 N–H and O–H groups in total. The van der Waals surface area contributed by atoms with Crippen molar-refractivity contribution in [3.8, 4) is 22.9 Å². The van der Waals surface area contributed by atoms with Crippen molar-refractivity contribution in [1.29, 1.82) is 0 Å². The van der Waals surface area contributed by atoms with Gasteiger partial charge >= 0.3 is 0 Å². The molecule has 0 aliphatic carbocycles. The van der Waals surface area contributed by atoms with E-state index in [4.69, 9.17) is 19.7 Å². The van der Waals surface area contributed by atoms with E-state index in [1.807, 2.05) is 12.1 Å². The van der Waals surface area contributed by atoms with Crippen molar-refractivity contribution in [3.05, 3.63) is 24.1 Å². The number of piperidine rings is 1. The van der Waals surface area contributed by atoms with E-state index in [2.05, 4.69) is 15.0 Å². The molecule has 0 atom stereocenters. The molecule has 0 saturated carbocycles. The van der Waals surface area contributed by atoms with Crippen LogP contribution in [0, 0.1) is 5.92 Å². The second kappa shape index (κ2) is 7.52. The minimum Gasteiger partial charge on any atom is -0.493 e. The van der Waals surface area contributed by atoms with E-state index in [0.717, 1.165) is 31.5 Å². The van der Waals surface area contributed by atoms with Crippen LogP contribution in [-0.2, 0) is 11.3 Å². The fourth-order valence-corrected chi connectivity index (χ4v) is 2.98. The largest absolute Gasteiger partial charge is 0.493 e. The molecule has 1 aliphatic rings. The highest BCUT2D eigenvalue weighted by atomic mass is 16.5. The number of aromatic nitrogens is 2. The number of carbonyl (C=O) groups excluding carboxylic acids is 1. The van der Waals surface area contributed by atoms with E-state index in [9.17, 15) is 4.79 Å². The number of amides is 1. The van der Waals surface area contributed by atoms with Crippen LogP contribution < -0.4 is 15.2 Å². The molecule has 1 saturated heterocycles. The lowest BCUT2D eigenvalue weighted by Crippen LogP contribution is -2.38. The van der Waals surface area contributed by atoms with Gasteiger partial charge in [0.05, 0.1) is 20.8 Å². The van der Waals surface area contributed by atoms with Gasteiger partial charge in [-0.25, -0.2) is 0 Å². The summed E-state index contributed by atoms with van der Waals surface area (Å²) in [6, 6.07) is 5.47. The van der Waals surface area contributed by atoms with Crippen LogP contribution in [0.1, 0.15) is 18.7 Å². The summed E-state index contributed by atoms with van der Waals surface area (Å²) < 4.78 is 15.9. The number of ether oxygens (including phenoxy) is 2. The molecule has 25 heavy (non-hydrogen) atoms. The predicted octanol–water partition coefficient (Wildman–Crippen LogP) is 1.45. The molecule has 1 aliphatic heterocycles. The lowest BCUT2D eigenvalue weighted by atomic mass is 9.96. The number of hydrogen-bond acceptors (Lipinski definition) is 7. The number of benzene rings is 1. The van der Waals surface area contributed by atoms with Crippen molar-refractivity contribution in [1.82, 2.24) is 15.0 Å². The first-order valence-electron chi connectivity index (χ1n) is 8.17. The minimum absolute atomic E-state index is 0.0266. The smallest absolute Gasteiger partial charge is 0.241 e. The third kappa shape index (κ3) is 3.90. The van der Waals surface area contributed by atoms with Crippen LogP contribution in [0.2, 0.25) is 0 Å². The second-order valence-electron chi connectivity index (χ2n) is 6.03. The summed E-state index contributed by atoms with van der Waals surface area (Å²) in [5.41, 5.74) is 6.15. The molecule has 0 bridgehead atoms. The monoisotopic (exact) mass is 346 g/mol. The summed E-state index contributed by atoms with van der Waals surface area (Å²) in [7, 11) is 3.17. The third-order valence-corrected chi connectivity index (χ3v) is 4.46. The van der Waals surface area contributed by atoms with Gasteiger partial charge in [-0.05, 0) is 44.1 Å². The molecular weight excluding hydrogens is 324 g/mol.